The van der Waals surface area contributed by atoms with Crippen molar-refractivity contribution in [2.75, 3.05) is 7.11 Å². The summed E-state index contributed by atoms with van der Waals surface area (Å²) in [5.74, 6) is -0.824. The van der Waals surface area contributed by atoms with Gasteiger partial charge >= 0.3 is 5.63 Å². The van der Waals surface area contributed by atoms with Gasteiger partial charge in [0.15, 0.2) is 11.3 Å². The Kier molecular flexibility index (Phi) is 2.00. The Labute approximate surface area is 84.1 Å². The molecule has 0 aliphatic heterocycles. The van der Waals surface area contributed by atoms with E-state index in [0.717, 1.165) is 0 Å². The van der Waals surface area contributed by atoms with E-state index < -0.39 is 17.1 Å². The van der Waals surface area contributed by atoms with Crippen molar-refractivity contribution in [2.24, 2.45) is 0 Å². The topological polar surface area (TPSA) is 79.9 Å². The molecule has 0 aliphatic rings. The van der Waals surface area contributed by atoms with Crippen LogP contribution in [0.15, 0.2) is 27.4 Å². The molecular formula is C10H8O5. The molecule has 0 saturated heterocycles. The van der Waals surface area contributed by atoms with Crippen molar-refractivity contribution in [1.29, 1.82) is 0 Å². The summed E-state index contributed by atoms with van der Waals surface area (Å²) in [5, 5.41) is 19.5. The second-order valence-corrected chi connectivity index (χ2v) is 2.95. The van der Waals surface area contributed by atoms with Gasteiger partial charge in [-0.1, -0.05) is 0 Å². The second-order valence-electron chi connectivity index (χ2n) is 2.95. The molecule has 78 valence electrons. The van der Waals surface area contributed by atoms with Crippen molar-refractivity contribution in [1.82, 2.24) is 0 Å². The van der Waals surface area contributed by atoms with Crippen LogP contribution in [0, 0.1) is 0 Å². The predicted molar refractivity (Wildman–Crippen MR) is 52.4 cm³/mol. The van der Waals surface area contributed by atoms with E-state index in [9.17, 15) is 15.0 Å². The standard InChI is InChI=1S/C10H8O5/c1-14-6-4-5-2-3-7(11)15-10(5)9(13)8(6)12/h2-4,12-13H,1H3. The average Bonchev–Trinajstić information content (AvgIpc) is 2.24. The maximum absolute atomic E-state index is 10.9. The van der Waals surface area contributed by atoms with Crippen molar-refractivity contribution < 1.29 is 19.4 Å². The monoisotopic (exact) mass is 208 g/mol. The van der Waals surface area contributed by atoms with Crippen molar-refractivity contribution in [3.8, 4) is 17.2 Å². The summed E-state index contributed by atoms with van der Waals surface area (Å²) in [4.78, 5) is 10.9. The van der Waals surface area contributed by atoms with Crippen LogP contribution in [0.4, 0.5) is 0 Å². The van der Waals surface area contributed by atoms with Crippen LogP contribution in [0.5, 0.6) is 17.2 Å². The van der Waals surface area contributed by atoms with Gasteiger partial charge in [-0.15, -0.1) is 0 Å². The highest BCUT2D eigenvalue weighted by molar-refractivity contribution is 5.87. The van der Waals surface area contributed by atoms with Crippen LogP contribution in [0.3, 0.4) is 0 Å². The highest BCUT2D eigenvalue weighted by Gasteiger charge is 2.14. The average molecular weight is 208 g/mol. The number of phenolic OH excluding ortho intramolecular Hbond substituents is 2. The molecule has 0 aliphatic carbocycles. The molecule has 5 heteroatoms. The fraction of sp³-hybridized carbons (Fsp3) is 0.100. The molecule has 0 saturated carbocycles. The highest BCUT2D eigenvalue weighted by atomic mass is 16.5. The molecule has 0 spiro atoms. The van der Waals surface area contributed by atoms with Crippen LogP contribution in [0.2, 0.25) is 0 Å². The van der Waals surface area contributed by atoms with E-state index >= 15 is 0 Å². The number of hydrogen-bond acceptors (Lipinski definition) is 5. The van der Waals surface area contributed by atoms with Crippen molar-refractivity contribution in [2.45, 2.75) is 0 Å². The third-order valence-corrected chi connectivity index (χ3v) is 2.04. The molecule has 0 bridgehead atoms. The molecule has 2 N–H and O–H groups in total. The Hall–Kier alpha value is -2.17. The summed E-state index contributed by atoms with van der Waals surface area (Å²) >= 11 is 0. The first-order valence-electron chi connectivity index (χ1n) is 4.16. The molecule has 0 fully saturated rings. The third kappa shape index (κ3) is 1.38. The van der Waals surface area contributed by atoms with Crippen LogP contribution in [0.1, 0.15) is 0 Å². The predicted octanol–water partition coefficient (Wildman–Crippen LogP) is 1.21. The van der Waals surface area contributed by atoms with E-state index in [4.69, 9.17) is 9.15 Å². The van der Waals surface area contributed by atoms with Gasteiger partial charge in [-0.3, -0.25) is 0 Å². The van der Waals surface area contributed by atoms with Crippen molar-refractivity contribution in [3.63, 3.8) is 0 Å². The molecule has 0 amide bonds. The molecule has 2 aromatic rings. The van der Waals surface area contributed by atoms with Gasteiger partial charge in [-0.25, -0.2) is 4.79 Å². The summed E-state index contributed by atoms with van der Waals surface area (Å²) < 4.78 is 9.59. The van der Waals surface area contributed by atoms with E-state index in [1.54, 1.807) is 0 Å². The van der Waals surface area contributed by atoms with Gasteiger partial charge in [0.2, 0.25) is 11.5 Å². The summed E-state index contributed by atoms with van der Waals surface area (Å²) in [5.41, 5.74) is -0.650. The lowest BCUT2D eigenvalue weighted by molar-refractivity contribution is 0.349. The first-order valence-corrected chi connectivity index (χ1v) is 4.16. The van der Waals surface area contributed by atoms with Gasteiger partial charge in [0.1, 0.15) is 0 Å². The van der Waals surface area contributed by atoms with Crippen LogP contribution < -0.4 is 10.4 Å². The van der Waals surface area contributed by atoms with Gasteiger partial charge in [0.05, 0.1) is 7.11 Å². The van der Waals surface area contributed by atoms with E-state index in [1.807, 2.05) is 0 Å². The minimum absolute atomic E-state index is 0.0548. The van der Waals surface area contributed by atoms with Crippen LogP contribution >= 0.6 is 0 Å². The van der Waals surface area contributed by atoms with Gasteiger partial charge < -0.3 is 19.4 Å². The first kappa shape index (κ1) is 9.39. The van der Waals surface area contributed by atoms with Crippen molar-refractivity contribution in [3.05, 3.63) is 28.6 Å². The lowest BCUT2D eigenvalue weighted by Gasteiger charge is -2.06. The molecule has 1 aromatic heterocycles. The quantitative estimate of drug-likeness (QED) is 0.544. The first-order chi connectivity index (χ1) is 7.13. The zero-order valence-corrected chi connectivity index (χ0v) is 7.85. The lowest BCUT2D eigenvalue weighted by Crippen LogP contribution is -1.95. The number of ether oxygens (including phenoxy) is 1. The number of aromatic hydroxyl groups is 2. The molecule has 1 aromatic carbocycles. The molecule has 0 radical (unpaired) electrons. The van der Waals surface area contributed by atoms with E-state index in [1.165, 1.54) is 25.3 Å². The molecule has 2 rings (SSSR count). The third-order valence-electron chi connectivity index (χ3n) is 2.04. The maximum atomic E-state index is 10.9. The molecule has 15 heavy (non-hydrogen) atoms. The molecular weight excluding hydrogens is 200 g/mol. The van der Waals surface area contributed by atoms with Gasteiger partial charge in [-0.05, 0) is 12.1 Å². The summed E-state index contributed by atoms with van der Waals surface area (Å²) in [6.45, 7) is 0. The fourth-order valence-corrected chi connectivity index (χ4v) is 1.32. The smallest absolute Gasteiger partial charge is 0.336 e. The molecule has 0 unspecified atom stereocenters. The van der Waals surface area contributed by atoms with Crippen molar-refractivity contribution >= 4 is 11.0 Å². The fourth-order valence-electron chi connectivity index (χ4n) is 1.32. The van der Waals surface area contributed by atoms with Crippen LogP contribution in [-0.4, -0.2) is 17.3 Å². The molecule has 0 atom stereocenters. The minimum Gasteiger partial charge on any atom is -0.502 e. The zero-order valence-electron chi connectivity index (χ0n) is 7.85. The Bertz CT molecular complexity index is 570. The number of hydrogen-bond donors (Lipinski definition) is 2. The normalized spacial score (nSPS) is 10.5. The second kappa shape index (κ2) is 3.20. The maximum Gasteiger partial charge on any atom is 0.336 e. The van der Waals surface area contributed by atoms with Gasteiger partial charge in [-0.2, -0.15) is 0 Å². The molecule has 1 heterocycles. The lowest BCUT2D eigenvalue weighted by atomic mass is 10.2. The zero-order chi connectivity index (χ0) is 11.0. The Morgan fingerprint density at radius 2 is 2.00 bits per heavy atom. The largest absolute Gasteiger partial charge is 0.502 e. The Morgan fingerprint density at radius 3 is 2.67 bits per heavy atom. The van der Waals surface area contributed by atoms with E-state index in [2.05, 4.69) is 0 Å². The van der Waals surface area contributed by atoms with E-state index in [-0.39, 0.29) is 11.3 Å². The van der Waals surface area contributed by atoms with Crippen LogP contribution in [0.25, 0.3) is 11.0 Å². The number of rotatable bonds is 1. The van der Waals surface area contributed by atoms with E-state index in [0.29, 0.717) is 5.39 Å². The highest BCUT2D eigenvalue weighted by Crippen LogP contribution is 2.40. The number of methoxy groups -OCH3 is 1. The summed E-state index contributed by atoms with van der Waals surface area (Å²) in [6.07, 6.45) is 0. The van der Waals surface area contributed by atoms with Gasteiger partial charge in [0, 0.05) is 11.5 Å². The number of benzene rings is 1. The molecule has 5 nitrogen and oxygen atoms in total. The summed E-state index contributed by atoms with van der Waals surface area (Å²) in [6, 6.07) is 4.16. The van der Waals surface area contributed by atoms with Gasteiger partial charge in [0.25, 0.3) is 0 Å². The number of phenols is 2. The Morgan fingerprint density at radius 1 is 1.27 bits per heavy atom. The van der Waals surface area contributed by atoms with Crippen LogP contribution in [-0.2, 0) is 0 Å². The summed E-state index contributed by atoms with van der Waals surface area (Å²) in [7, 11) is 1.36. The SMILES string of the molecule is COc1cc2ccc(=O)oc2c(O)c1O. The Balaban J connectivity index is 2.90. The minimum atomic E-state index is -0.595. The number of fused-ring (bicyclic) bond motifs is 1.